The fraction of sp³-hybridized carbons (Fsp3) is 0.500. The second-order valence-corrected chi connectivity index (χ2v) is 6.69. The Labute approximate surface area is 139 Å². The zero-order valence-corrected chi connectivity index (χ0v) is 13.9. The Hall–Kier alpha value is -1.39. The van der Waals surface area contributed by atoms with Crippen LogP contribution in [0.4, 0.5) is 0 Å². The van der Waals surface area contributed by atoms with Crippen LogP contribution in [-0.2, 0) is 6.54 Å². The highest BCUT2D eigenvalue weighted by molar-refractivity contribution is 7.80. The van der Waals surface area contributed by atoms with Crippen LogP contribution in [0, 0.1) is 5.92 Å². The molecule has 1 saturated heterocycles. The number of hydrogen-bond donors (Lipinski definition) is 1. The highest BCUT2D eigenvalue weighted by Gasteiger charge is 2.21. The van der Waals surface area contributed by atoms with Gasteiger partial charge in [-0.05, 0) is 49.4 Å². The van der Waals surface area contributed by atoms with Crippen molar-refractivity contribution in [2.75, 3.05) is 19.9 Å². The van der Waals surface area contributed by atoms with E-state index in [1.165, 1.54) is 31.2 Å². The van der Waals surface area contributed by atoms with E-state index in [1.807, 2.05) is 0 Å². The van der Waals surface area contributed by atoms with Crippen LogP contribution in [0.15, 0.2) is 42.5 Å². The molecule has 1 aromatic rings. The number of rotatable bonds is 5. The lowest BCUT2D eigenvalue weighted by molar-refractivity contribution is 0.139. The highest BCUT2D eigenvalue weighted by Crippen LogP contribution is 2.22. The molecule has 4 heteroatoms. The summed E-state index contributed by atoms with van der Waals surface area (Å²) in [6.07, 6.45) is 9.82. The minimum Gasteiger partial charge on any atom is -0.350 e. The van der Waals surface area contributed by atoms with Crippen molar-refractivity contribution in [2.24, 2.45) is 5.92 Å². The van der Waals surface area contributed by atoms with Crippen LogP contribution in [0.25, 0.3) is 0 Å². The maximum atomic E-state index is 5.47. The van der Waals surface area contributed by atoms with Crippen molar-refractivity contribution in [3.8, 4) is 0 Å². The van der Waals surface area contributed by atoms with Gasteiger partial charge in [-0.3, -0.25) is 4.90 Å². The molecule has 1 atom stereocenters. The fourth-order valence-electron chi connectivity index (χ4n) is 3.21. The first-order chi connectivity index (χ1) is 10.8. The smallest absolute Gasteiger partial charge is 0.171 e. The molecule has 1 aliphatic carbocycles. The van der Waals surface area contributed by atoms with Gasteiger partial charge in [0.1, 0.15) is 0 Å². The lowest BCUT2D eigenvalue weighted by atomic mass is 9.91. The van der Waals surface area contributed by atoms with Gasteiger partial charge in [-0.25, -0.2) is 0 Å². The van der Waals surface area contributed by atoms with Crippen molar-refractivity contribution in [1.82, 2.24) is 15.1 Å². The molecule has 2 aliphatic rings. The Morgan fingerprint density at radius 3 is 2.82 bits per heavy atom. The second kappa shape index (κ2) is 7.75. The molecule has 3 rings (SSSR count). The van der Waals surface area contributed by atoms with Crippen LogP contribution < -0.4 is 5.32 Å². The van der Waals surface area contributed by atoms with Crippen LogP contribution in [0.5, 0.6) is 0 Å². The Bertz CT molecular complexity index is 514. The molecule has 1 N–H and O–H groups in total. The topological polar surface area (TPSA) is 18.5 Å². The number of hydrogen-bond acceptors (Lipinski definition) is 2. The SMILES string of the molecule is S=C1NCN(CCC2CC=CCC2)CN1Cc1ccccc1. The normalized spacial score (nSPS) is 22.6. The summed E-state index contributed by atoms with van der Waals surface area (Å²) in [4.78, 5) is 4.73. The average molecular weight is 315 g/mol. The monoisotopic (exact) mass is 315 g/mol. The fourth-order valence-corrected chi connectivity index (χ4v) is 3.39. The molecule has 0 amide bonds. The summed E-state index contributed by atoms with van der Waals surface area (Å²) in [5.41, 5.74) is 1.31. The van der Waals surface area contributed by atoms with Crippen molar-refractivity contribution in [2.45, 2.75) is 32.2 Å². The summed E-state index contributed by atoms with van der Waals surface area (Å²) in [5.74, 6) is 0.862. The number of thiocarbonyl (C=S) groups is 1. The van der Waals surface area contributed by atoms with E-state index in [-0.39, 0.29) is 0 Å². The third-order valence-electron chi connectivity index (χ3n) is 4.56. The van der Waals surface area contributed by atoms with E-state index in [0.29, 0.717) is 0 Å². The Balaban J connectivity index is 1.49. The van der Waals surface area contributed by atoms with Crippen molar-refractivity contribution in [1.29, 1.82) is 0 Å². The van der Waals surface area contributed by atoms with E-state index in [9.17, 15) is 0 Å². The third-order valence-corrected chi connectivity index (χ3v) is 4.96. The molecule has 1 aromatic carbocycles. The van der Waals surface area contributed by atoms with E-state index in [1.54, 1.807) is 0 Å². The number of nitrogens with zero attached hydrogens (tertiary/aromatic N) is 2. The maximum Gasteiger partial charge on any atom is 0.171 e. The molecular formula is C18H25N3S. The molecule has 118 valence electrons. The molecule has 1 aliphatic heterocycles. The molecule has 0 saturated carbocycles. The summed E-state index contributed by atoms with van der Waals surface area (Å²) >= 11 is 5.47. The van der Waals surface area contributed by atoms with Gasteiger partial charge in [0.25, 0.3) is 0 Å². The largest absolute Gasteiger partial charge is 0.350 e. The van der Waals surface area contributed by atoms with Gasteiger partial charge in [0.15, 0.2) is 5.11 Å². The van der Waals surface area contributed by atoms with Gasteiger partial charge in [0, 0.05) is 13.1 Å². The van der Waals surface area contributed by atoms with Gasteiger partial charge >= 0.3 is 0 Å². The zero-order valence-electron chi connectivity index (χ0n) is 13.1. The van der Waals surface area contributed by atoms with E-state index in [2.05, 4.69) is 57.6 Å². The van der Waals surface area contributed by atoms with Gasteiger partial charge in [-0.2, -0.15) is 0 Å². The molecule has 0 aromatic heterocycles. The van der Waals surface area contributed by atoms with Gasteiger partial charge in [-0.15, -0.1) is 0 Å². The zero-order chi connectivity index (χ0) is 15.2. The first kappa shape index (κ1) is 15.5. The number of benzene rings is 1. The standard InChI is InChI=1S/C18H25N3S/c22-18-19-14-20(12-11-16-7-3-1-4-8-16)15-21(18)13-17-9-5-2-6-10-17/h1-3,5-6,9-10,16H,4,7-8,11-15H2,(H,19,22). The van der Waals surface area contributed by atoms with E-state index in [0.717, 1.165) is 37.5 Å². The van der Waals surface area contributed by atoms with Crippen LogP contribution in [0.1, 0.15) is 31.2 Å². The molecule has 3 nitrogen and oxygen atoms in total. The minimum atomic E-state index is 0.862. The van der Waals surface area contributed by atoms with Gasteiger partial charge in [0.2, 0.25) is 0 Å². The van der Waals surface area contributed by atoms with E-state index >= 15 is 0 Å². The molecule has 22 heavy (non-hydrogen) atoms. The molecule has 1 heterocycles. The van der Waals surface area contributed by atoms with Crippen molar-refractivity contribution in [3.63, 3.8) is 0 Å². The molecular weight excluding hydrogens is 290 g/mol. The lowest BCUT2D eigenvalue weighted by Gasteiger charge is -2.38. The first-order valence-electron chi connectivity index (χ1n) is 8.25. The summed E-state index contributed by atoms with van der Waals surface area (Å²) in [7, 11) is 0. The predicted molar refractivity (Wildman–Crippen MR) is 95.3 cm³/mol. The molecule has 1 fully saturated rings. The van der Waals surface area contributed by atoms with E-state index in [4.69, 9.17) is 12.2 Å². The minimum absolute atomic E-state index is 0.862. The quantitative estimate of drug-likeness (QED) is 0.663. The summed E-state index contributed by atoms with van der Waals surface area (Å²) in [6, 6.07) is 10.6. The highest BCUT2D eigenvalue weighted by atomic mass is 32.1. The maximum absolute atomic E-state index is 5.47. The van der Waals surface area contributed by atoms with Gasteiger partial charge < -0.3 is 10.2 Å². The molecule has 0 bridgehead atoms. The number of allylic oxidation sites excluding steroid dienone is 2. The second-order valence-electron chi connectivity index (χ2n) is 6.30. The Morgan fingerprint density at radius 2 is 2.05 bits per heavy atom. The van der Waals surface area contributed by atoms with Crippen LogP contribution in [0.3, 0.4) is 0 Å². The predicted octanol–water partition coefficient (Wildman–Crippen LogP) is 3.34. The van der Waals surface area contributed by atoms with Gasteiger partial charge in [-0.1, -0.05) is 42.5 Å². The Morgan fingerprint density at radius 1 is 1.18 bits per heavy atom. The molecule has 0 radical (unpaired) electrons. The van der Waals surface area contributed by atoms with Crippen LogP contribution in [0.2, 0.25) is 0 Å². The van der Waals surface area contributed by atoms with Crippen LogP contribution in [-0.4, -0.2) is 34.8 Å². The summed E-state index contributed by atoms with van der Waals surface area (Å²) in [6.45, 7) is 3.85. The average Bonchev–Trinajstić information content (AvgIpc) is 2.57. The van der Waals surface area contributed by atoms with Crippen molar-refractivity contribution < 1.29 is 0 Å². The molecule has 1 unspecified atom stereocenters. The third kappa shape index (κ3) is 4.31. The van der Waals surface area contributed by atoms with Gasteiger partial charge in [0.05, 0.1) is 13.3 Å². The lowest BCUT2D eigenvalue weighted by Crippen LogP contribution is -2.55. The summed E-state index contributed by atoms with van der Waals surface area (Å²) < 4.78 is 0. The van der Waals surface area contributed by atoms with Crippen molar-refractivity contribution in [3.05, 3.63) is 48.0 Å². The summed E-state index contributed by atoms with van der Waals surface area (Å²) in [5, 5.41) is 4.24. The molecule has 0 spiro atoms. The van der Waals surface area contributed by atoms with E-state index < -0.39 is 0 Å². The van der Waals surface area contributed by atoms with Crippen LogP contribution >= 0.6 is 12.2 Å². The first-order valence-corrected chi connectivity index (χ1v) is 8.66. The number of nitrogens with one attached hydrogen (secondary N) is 1. The van der Waals surface area contributed by atoms with Crippen molar-refractivity contribution >= 4 is 17.3 Å². The Kier molecular flexibility index (Phi) is 5.46.